The third-order valence-corrected chi connectivity index (χ3v) is 4.82. The van der Waals surface area contributed by atoms with Crippen molar-refractivity contribution < 1.29 is 4.74 Å². The Morgan fingerprint density at radius 2 is 1.81 bits per heavy atom. The molecule has 0 aromatic heterocycles. The zero-order valence-corrected chi connectivity index (χ0v) is 10.3. The van der Waals surface area contributed by atoms with Crippen LogP contribution in [0.5, 0.6) is 0 Å². The molecule has 1 aliphatic heterocycles. The third kappa shape index (κ3) is 2.60. The lowest BCUT2D eigenvalue weighted by molar-refractivity contribution is 0.0237. The zero-order valence-electron chi connectivity index (χ0n) is 10.3. The Bertz CT molecular complexity index is 227. The first-order chi connectivity index (χ1) is 7.86. The van der Waals surface area contributed by atoms with Gasteiger partial charge in [-0.25, -0.2) is 0 Å². The van der Waals surface area contributed by atoms with Crippen LogP contribution >= 0.6 is 0 Å². The van der Waals surface area contributed by atoms with Crippen molar-refractivity contribution in [2.75, 3.05) is 19.8 Å². The average Bonchev–Trinajstić information content (AvgIpc) is 3.07. The summed E-state index contributed by atoms with van der Waals surface area (Å²) >= 11 is 0. The van der Waals surface area contributed by atoms with Gasteiger partial charge in [-0.2, -0.15) is 0 Å². The SMILES string of the molecule is C1CC(CNC2CC2)(CC2CCOCC2)C1. The molecular weight excluding hydrogens is 198 g/mol. The van der Waals surface area contributed by atoms with Crippen LogP contribution in [0.4, 0.5) is 0 Å². The van der Waals surface area contributed by atoms with Crippen LogP contribution in [0, 0.1) is 11.3 Å². The lowest BCUT2D eigenvalue weighted by Crippen LogP contribution is -2.42. The van der Waals surface area contributed by atoms with Crippen molar-refractivity contribution in [2.45, 2.75) is 57.4 Å². The van der Waals surface area contributed by atoms with Gasteiger partial charge in [0.1, 0.15) is 0 Å². The molecule has 2 heteroatoms. The normalized spacial score (nSPS) is 30.0. The molecule has 0 unspecified atom stereocenters. The Labute approximate surface area is 99.1 Å². The van der Waals surface area contributed by atoms with E-state index in [0.29, 0.717) is 5.41 Å². The fraction of sp³-hybridized carbons (Fsp3) is 1.00. The van der Waals surface area contributed by atoms with Gasteiger partial charge in [0.15, 0.2) is 0 Å². The van der Waals surface area contributed by atoms with Crippen molar-refractivity contribution in [1.82, 2.24) is 5.32 Å². The smallest absolute Gasteiger partial charge is 0.0468 e. The van der Waals surface area contributed by atoms with Gasteiger partial charge in [-0.15, -0.1) is 0 Å². The van der Waals surface area contributed by atoms with E-state index in [1.165, 1.54) is 57.9 Å². The van der Waals surface area contributed by atoms with Gasteiger partial charge in [-0.3, -0.25) is 0 Å². The molecule has 3 aliphatic rings. The van der Waals surface area contributed by atoms with E-state index in [0.717, 1.165) is 25.2 Å². The molecule has 3 fully saturated rings. The van der Waals surface area contributed by atoms with Gasteiger partial charge >= 0.3 is 0 Å². The summed E-state index contributed by atoms with van der Waals surface area (Å²) in [5.41, 5.74) is 0.685. The maximum Gasteiger partial charge on any atom is 0.0468 e. The number of hydrogen-bond donors (Lipinski definition) is 1. The molecule has 1 heterocycles. The highest BCUT2D eigenvalue weighted by Gasteiger charge is 2.39. The zero-order chi connectivity index (χ0) is 10.8. The van der Waals surface area contributed by atoms with Crippen molar-refractivity contribution in [1.29, 1.82) is 0 Å². The molecule has 2 nitrogen and oxygen atoms in total. The van der Waals surface area contributed by atoms with Gasteiger partial charge in [0.25, 0.3) is 0 Å². The molecule has 0 aromatic carbocycles. The van der Waals surface area contributed by atoms with E-state index in [1.54, 1.807) is 0 Å². The van der Waals surface area contributed by atoms with Crippen LogP contribution in [0.3, 0.4) is 0 Å². The standard InChI is InChI=1S/C14H25NO/c1-6-14(7-1,11-15-13-2-3-13)10-12-4-8-16-9-5-12/h12-13,15H,1-11H2. The summed E-state index contributed by atoms with van der Waals surface area (Å²) in [6.45, 7) is 3.32. The quantitative estimate of drug-likeness (QED) is 0.774. The summed E-state index contributed by atoms with van der Waals surface area (Å²) in [4.78, 5) is 0. The Hall–Kier alpha value is -0.0800. The highest BCUT2D eigenvalue weighted by atomic mass is 16.5. The maximum absolute atomic E-state index is 5.46. The average molecular weight is 223 g/mol. The first-order valence-electron chi connectivity index (χ1n) is 7.18. The fourth-order valence-electron chi connectivity index (χ4n) is 3.34. The second kappa shape index (κ2) is 4.66. The Morgan fingerprint density at radius 3 is 2.38 bits per heavy atom. The summed E-state index contributed by atoms with van der Waals surface area (Å²) < 4.78 is 5.46. The minimum Gasteiger partial charge on any atom is -0.381 e. The maximum atomic E-state index is 5.46. The molecule has 2 saturated carbocycles. The van der Waals surface area contributed by atoms with E-state index in [2.05, 4.69) is 5.32 Å². The van der Waals surface area contributed by atoms with Gasteiger partial charge in [-0.05, 0) is 56.3 Å². The molecule has 0 aromatic rings. The highest BCUT2D eigenvalue weighted by molar-refractivity contribution is 4.94. The molecule has 0 bridgehead atoms. The van der Waals surface area contributed by atoms with Gasteiger partial charge < -0.3 is 10.1 Å². The van der Waals surface area contributed by atoms with Crippen molar-refractivity contribution >= 4 is 0 Å². The van der Waals surface area contributed by atoms with Crippen molar-refractivity contribution in [3.63, 3.8) is 0 Å². The van der Waals surface area contributed by atoms with Crippen LogP contribution in [-0.4, -0.2) is 25.8 Å². The second-order valence-corrected chi connectivity index (χ2v) is 6.27. The third-order valence-electron chi connectivity index (χ3n) is 4.82. The summed E-state index contributed by atoms with van der Waals surface area (Å²) in [6, 6.07) is 0.882. The van der Waals surface area contributed by atoms with E-state index in [-0.39, 0.29) is 0 Å². The molecule has 1 saturated heterocycles. The van der Waals surface area contributed by atoms with Crippen LogP contribution in [0.1, 0.15) is 51.4 Å². The molecule has 2 aliphatic carbocycles. The molecule has 0 radical (unpaired) electrons. The highest BCUT2D eigenvalue weighted by Crippen LogP contribution is 2.47. The molecule has 3 rings (SSSR count). The summed E-state index contributed by atoms with van der Waals surface area (Å²) in [7, 11) is 0. The Morgan fingerprint density at radius 1 is 1.06 bits per heavy atom. The second-order valence-electron chi connectivity index (χ2n) is 6.27. The van der Waals surface area contributed by atoms with Crippen molar-refractivity contribution in [3.05, 3.63) is 0 Å². The van der Waals surface area contributed by atoms with E-state index >= 15 is 0 Å². The van der Waals surface area contributed by atoms with Crippen LogP contribution in [0.2, 0.25) is 0 Å². The van der Waals surface area contributed by atoms with Gasteiger partial charge in [0.2, 0.25) is 0 Å². The Balaban J connectivity index is 1.48. The van der Waals surface area contributed by atoms with E-state index in [1.807, 2.05) is 0 Å². The number of hydrogen-bond acceptors (Lipinski definition) is 2. The fourth-order valence-corrected chi connectivity index (χ4v) is 3.34. The summed E-state index contributed by atoms with van der Waals surface area (Å²) in [5.74, 6) is 0.954. The number of rotatable bonds is 5. The van der Waals surface area contributed by atoms with E-state index in [9.17, 15) is 0 Å². The van der Waals surface area contributed by atoms with Crippen LogP contribution in [0.25, 0.3) is 0 Å². The monoisotopic (exact) mass is 223 g/mol. The lowest BCUT2D eigenvalue weighted by Gasteiger charge is -2.45. The van der Waals surface area contributed by atoms with Gasteiger partial charge in [0, 0.05) is 25.8 Å². The molecule has 1 N–H and O–H groups in total. The largest absolute Gasteiger partial charge is 0.381 e. The number of ether oxygens (including phenoxy) is 1. The summed E-state index contributed by atoms with van der Waals surface area (Å²) in [6.07, 6.45) is 11.4. The van der Waals surface area contributed by atoms with E-state index in [4.69, 9.17) is 4.74 Å². The minimum absolute atomic E-state index is 0.685. The van der Waals surface area contributed by atoms with Crippen LogP contribution < -0.4 is 5.32 Å². The predicted molar refractivity (Wildman–Crippen MR) is 65.5 cm³/mol. The molecule has 16 heavy (non-hydrogen) atoms. The molecule has 0 spiro atoms. The summed E-state index contributed by atoms with van der Waals surface area (Å²) in [5, 5.41) is 3.76. The molecule has 0 atom stereocenters. The predicted octanol–water partition coefficient (Wildman–Crippen LogP) is 2.73. The lowest BCUT2D eigenvalue weighted by atomic mass is 9.63. The molecular formula is C14H25NO. The van der Waals surface area contributed by atoms with Crippen molar-refractivity contribution in [2.24, 2.45) is 11.3 Å². The molecule has 92 valence electrons. The number of nitrogens with one attached hydrogen (secondary N) is 1. The molecule has 0 amide bonds. The van der Waals surface area contributed by atoms with E-state index < -0.39 is 0 Å². The Kier molecular flexibility index (Phi) is 3.21. The van der Waals surface area contributed by atoms with Gasteiger partial charge in [-0.1, -0.05) is 6.42 Å². The topological polar surface area (TPSA) is 21.3 Å². The first kappa shape index (κ1) is 11.0. The van der Waals surface area contributed by atoms with Gasteiger partial charge in [0.05, 0.1) is 0 Å². The van der Waals surface area contributed by atoms with Crippen LogP contribution in [-0.2, 0) is 4.74 Å². The van der Waals surface area contributed by atoms with Crippen molar-refractivity contribution in [3.8, 4) is 0 Å². The van der Waals surface area contributed by atoms with Crippen LogP contribution in [0.15, 0.2) is 0 Å². The minimum atomic E-state index is 0.685. The first-order valence-corrected chi connectivity index (χ1v) is 7.18.